The maximum atomic E-state index is 12.0. The van der Waals surface area contributed by atoms with E-state index in [2.05, 4.69) is 0 Å². The number of rotatable bonds is 1. The fraction of sp³-hybridized carbons (Fsp3) is 0.154. The Balaban J connectivity index is 2.62. The van der Waals surface area contributed by atoms with Crippen LogP contribution in [0, 0.1) is 6.92 Å². The third-order valence-corrected chi connectivity index (χ3v) is 2.97. The lowest BCUT2D eigenvalue weighted by Gasteiger charge is -2.03. The lowest BCUT2D eigenvalue weighted by atomic mass is 10.1. The number of aliphatic hydroxyl groups excluding tert-OH is 1. The van der Waals surface area contributed by atoms with E-state index >= 15 is 0 Å². The Hall–Kier alpha value is -2.27. The number of aliphatic hydroxyl groups is 1. The summed E-state index contributed by atoms with van der Waals surface area (Å²) in [6, 6.07) is 4.66. The lowest BCUT2D eigenvalue weighted by Crippen LogP contribution is -1.99. The predicted molar refractivity (Wildman–Crippen MR) is 64.6 cm³/mol. The van der Waals surface area contributed by atoms with Gasteiger partial charge < -0.3 is 10.2 Å². The Kier molecular flexibility index (Phi) is 2.18. The minimum absolute atomic E-state index is 0.260. The molecule has 3 aromatic rings. The molecular formula is C13H10O5. The number of aromatic hydroxyl groups is 1. The van der Waals surface area contributed by atoms with Crippen molar-refractivity contribution in [3.05, 3.63) is 39.5 Å². The van der Waals surface area contributed by atoms with Gasteiger partial charge in [-0.25, -0.2) is 0 Å². The number of fused-ring (bicyclic) bond motifs is 3. The van der Waals surface area contributed by atoms with Crippen molar-refractivity contribution in [2.24, 2.45) is 0 Å². The van der Waals surface area contributed by atoms with Crippen molar-refractivity contribution in [1.29, 1.82) is 0 Å². The highest BCUT2D eigenvalue weighted by Gasteiger charge is 2.17. The van der Waals surface area contributed by atoms with Crippen molar-refractivity contribution in [2.45, 2.75) is 13.5 Å². The van der Waals surface area contributed by atoms with Crippen LogP contribution in [0.2, 0.25) is 0 Å². The molecule has 1 aromatic heterocycles. The van der Waals surface area contributed by atoms with Gasteiger partial charge in [-0.2, -0.15) is 0 Å². The summed E-state index contributed by atoms with van der Waals surface area (Å²) in [6.07, 6.45) is 0. The first-order chi connectivity index (χ1) is 8.61. The first-order valence-electron chi connectivity index (χ1n) is 5.40. The molecule has 2 N–H and O–H groups in total. The molecule has 0 bridgehead atoms. The number of benzene rings is 1. The van der Waals surface area contributed by atoms with Crippen LogP contribution in [0.1, 0.15) is 11.1 Å². The van der Waals surface area contributed by atoms with Gasteiger partial charge >= 0.3 is 0 Å². The molecule has 1 heterocycles. The molecule has 0 fully saturated rings. The average Bonchev–Trinajstić information content (AvgIpc) is 2.39. The standard InChI is InChI=1S/C13H10O5/c1-6-2-8-3-7(5-14)4-9(15)11(16)10(8)13-12(6)17-18-13/h2-4,14H,5H2,1H3,(H,15,16). The van der Waals surface area contributed by atoms with Gasteiger partial charge in [0.15, 0.2) is 5.75 Å². The molecule has 2 aromatic carbocycles. The molecule has 5 heteroatoms. The molecular weight excluding hydrogens is 236 g/mol. The van der Waals surface area contributed by atoms with Crippen LogP contribution in [0.4, 0.5) is 0 Å². The zero-order chi connectivity index (χ0) is 12.9. The summed E-state index contributed by atoms with van der Waals surface area (Å²) in [5.41, 5.74) is 1.60. The van der Waals surface area contributed by atoms with Crippen LogP contribution in [-0.4, -0.2) is 10.2 Å². The predicted octanol–water partition coefficient (Wildman–Crippen LogP) is 2.05. The van der Waals surface area contributed by atoms with Crippen molar-refractivity contribution in [3.63, 3.8) is 0 Å². The SMILES string of the molecule is Cc1cc2cc(CO)cc(O)c(=O)c2c2ooc12. The molecule has 5 nitrogen and oxygen atoms in total. The van der Waals surface area contributed by atoms with Gasteiger partial charge in [0.2, 0.25) is 16.6 Å². The minimum Gasteiger partial charge on any atom is -0.504 e. The van der Waals surface area contributed by atoms with E-state index in [1.54, 1.807) is 12.1 Å². The highest BCUT2D eigenvalue weighted by Crippen LogP contribution is 2.30. The van der Waals surface area contributed by atoms with E-state index < -0.39 is 11.2 Å². The Bertz CT molecular complexity index is 809. The van der Waals surface area contributed by atoms with Crippen LogP contribution in [0.3, 0.4) is 0 Å². The van der Waals surface area contributed by atoms with Crippen LogP contribution >= 0.6 is 0 Å². The van der Waals surface area contributed by atoms with Crippen molar-refractivity contribution >= 4 is 21.9 Å². The van der Waals surface area contributed by atoms with E-state index in [0.717, 1.165) is 5.56 Å². The maximum Gasteiger partial charge on any atom is 0.237 e. The summed E-state index contributed by atoms with van der Waals surface area (Å²) in [5.74, 6) is -0.421. The summed E-state index contributed by atoms with van der Waals surface area (Å²) in [4.78, 5) is 12.0. The third-order valence-electron chi connectivity index (χ3n) is 2.97. The summed E-state index contributed by atoms with van der Waals surface area (Å²) >= 11 is 0. The van der Waals surface area contributed by atoms with Crippen LogP contribution in [0.25, 0.3) is 21.9 Å². The molecule has 0 unspecified atom stereocenters. The fourth-order valence-corrected chi connectivity index (χ4v) is 2.08. The van der Waals surface area contributed by atoms with Gasteiger partial charge in [0.1, 0.15) is 0 Å². The van der Waals surface area contributed by atoms with Crippen LogP contribution < -0.4 is 5.43 Å². The molecule has 0 amide bonds. The quantitative estimate of drug-likeness (QED) is 0.642. The Labute approximate surface area is 101 Å². The molecule has 3 rings (SSSR count). The van der Waals surface area contributed by atoms with Gasteiger partial charge in [-0.15, -0.1) is 0 Å². The van der Waals surface area contributed by atoms with Gasteiger partial charge in [-0.05, 0) is 36.1 Å². The number of hydrogen-bond acceptors (Lipinski definition) is 5. The van der Waals surface area contributed by atoms with E-state index in [1.807, 2.05) is 6.92 Å². The number of aryl methyl sites for hydroxylation is 1. The average molecular weight is 246 g/mol. The van der Waals surface area contributed by atoms with Gasteiger partial charge in [0, 0.05) is 5.56 Å². The van der Waals surface area contributed by atoms with Crippen molar-refractivity contribution < 1.29 is 19.4 Å². The summed E-state index contributed by atoms with van der Waals surface area (Å²) in [5, 5.41) is 19.7. The maximum absolute atomic E-state index is 12.0. The van der Waals surface area contributed by atoms with Crippen molar-refractivity contribution in [1.82, 2.24) is 0 Å². The van der Waals surface area contributed by atoms with Crippen molar-refractivity contribution in [3.8, 4) is 5.75 Å². The van der Waals surface area contributed by atoms with E-state index in [1.165, 1.54) is 6.07 Å². The number of hydrogen-bond donors (Lipinski definition) is 2. The monoisotopic (exact) mass is 246 g/mol. The van der Waals surface area contributed by atoms with E-state index in [-0.39, 0.29) is 12.0 Å². The van der Waals surface area contributed by atoms with Gasteiger partial charge in [0.25, 0.3) is 0 Å². The summed E-state index contributed by atoms with van der Waals surface area (Å²) in [6.45, 7) is 1.57. The van der Waals surface area contributed by atoms with Crippen LogP contribution in [-0.2, 0) is 6.61 Å². The molecule has 18 heavy (non-hydrogen) atoms. The second-order valence-electron chi connectivity index (χ2n) is 4.22. The zero-order valence-corrected chi connectivity index (χ0v) is 9.56. The highest BCUT2D eigenvalue weighted by atomic mass is 17.0. The lowest BCUT2D eigenvalue weighted by molar-refractivity contribution is 0.0597. The largest absolute Gasteiger partial charge is 0.504 e. The minimum atomic E-state index is -0.538. The first-order valence-corrected chi connectivity index (χ1v) is 5.40. The molecule has 0 aliphatic heterocycles. The smallest absolute Gasteiger partial charge is 0.237 e. The van der Waals surface area contributed by atoms with Crippen LogP contribution in [0.5, 0.6) is 5.75 Å². The van der Waals surface area contributed by atoms with Gasteiger partial charge in [-0.1, -0.05) is 0 Å². The van der Waals surface area contributed by atoms with Gasteiger partial charge in [0.05, 0.1) is 12.0 Å². The fourth-order valence-electron chi connectivity index (χ4n) is 2.08. The van der Waals surface area contributed by atoms with E-state index in [9.17, 15) is 9.90 Å². The van der Waals surface area contributed by atoms with Crippen molar-refractivity contribution in [2.75, 3.05) is 0 Å². The highest BCUT2D eigenvalue weighted by molar-refractivity contribution is 6.04. The molecule has 0 saturated carbocycles. The Morgan fingerprint density at radius 2 is 1.89 bits per heavy atom. The van der Waals surface area contributed by atoms with Gasteiger partial charge in [-0.3, -0.25) is 13.9 Å². The van der Waals surface area contributed by atoms with Crippen LogP contribution in [0.15, 0.2) is 32.1 Å². The van der Waals surface area contributed by atoms with E-state index in [4.69, 9.17) is 14.3 Å². The molecule has 92 valence electrons. The molecule has 0 aliphatic carbocycles. The normalized spacial score (nSPS) is 11.4. The third kappa shape index (κ3) is 1.34. The Morgan fingerprint density at radius 3 is 2.50 bits per heavy atom. The topological polar surface area (TPSA) is 83.8 Å². The zero-order valence-electron chi connectivity index (χ0n) is 9.56. The molecule has 0 radical (unpaired) electrons. The molecule has 0 atom stereocenters. The molecule has 0 aliphatic rings. The first kappa shape index (κ1) is 10.9. The second-order valence-corrected chi connectivity index (χ2v) is 4.22. The Morgan fingerprint density at radius 1 is 1.17 bits per heavy atom. The second kappa shape index (κ2) is 3.61. The molecule has 0 spiro atoms. The summed E-state index contributed by atoms with van der Waals surface area (Å²) < 4.78 is 9.67. The molecule has 0 saturated heterocycles. The van der Waals surface area contributed by atoms with E-state index in [0.29, 0.717) is 22.1 Å². The summed E-state index contributed by atoms with van der Waals surface area (Å²) in [7, 11) is 0.